The Balaban J connectivity index is 2.32. The van der Waals surface area contributed by atoms with Crippen LogP contribution in [-0.2, 0) is 6.54 Å². The molecular formula is C14H24N2. The van der Waals surface area contributed by atoms with Crippen molar-refractivity contribution in [1.82, 2.24) is 10.6 Å². The molecule has 0 saturated heterocycles. The van der Waals surface area contributed by atoms with E-state index in [9.17, 15) is 0 Å². The summed E-state index contributed by atoms with van der Waals surface area (Å²) in [6, 6.07) is 7.04. The first-order valence-electron chi connectivity index (χ1n) is 6.10. The summed E-state index contributed by atoms with van der Waals surface area (Å²) in [5, 5.41) is 6.87. The van der Waals surface area contributed by atoms with Gasteiger partial charge >= 0.3 is 0 Å². The molecule has 2 nitrogen and oxygen atoms in total. The van der Waals surface area contributed by atoms with E-state index in [0.717, 1.165) is 19.6 Å². The van der Waals surface area contributed by atoms with Crippen LogP contribution < -0.4 is 10.6 Å². The van der Waals surface area contributed by atoms with Gasteiger partial charge in [-0.25, -0.2) is 0 Å². The number of nitrogens with one attached hydrogen (secondary N) is 2. The van der Waals surface area contributed by atoms with Crippen molar-refractivity contribution < 1.29 is 0 Å². The molecule has 1 rings (SSSR count). The zero-order chi connectivity index (χ0) is 12.0. The topological polar surface area (TPSA) is 24.1 Å². The highest BCUT2D eigenvalue weighted by molar-refractivity contribution is 5.33. The number of benzene rings is 1. The summed E-state index contributed by atoms with van der Waals surface area (Å²) in [5.74, 6) is 0. The lowest BCUT2D eigenvalue weighted by molar-refractivity contribution is 0.555. The maximum Gasteiger partial charge on any atom is 0.0211 e. The van der Waals surface area contributed by atoms with E-state index < -0.39 is 0 Å². The maximum atomic E-state index is 3.48. The Morgan fingerprint density at radius 3 is 2.25 bits per heavy atom. The highest BCUT2D eigenvalue weighted by Crippen LogP contribution is 2.12. The van der Waals surface area contributed by atoms with Crippen molar-refractivity contribution >= 4 is 0 Å². The van der Waals surface area contributed by atoms with Crippen molar-refractivity contribution in [3.05, 3.63) is 34.9 Å². The smallest absolute Gasteiger partial charge is 0.0211 e. The van der Waals surface area contributed by atoms with Crippen molar-refractivity contribution in [2.45, 2.75) is 40.3 Å². The normalized spacial score (nSPS) is 11.1. The van der Waals surface area contributed by atoms with Crippen LogP contribution in [0.3, 0.4) is 0 Å². The summed E-state index contributed by atoms with van der Waals surface area (Å²) in [5.41, 5.74) is 4.20. The van der Waals surface area contributed by atoms with E-state index in [1.54, 1.807) is 0 Å². The molecular weight excluding hydrogens is 196 g/mol. The third-order valence-electron chi connectivity index (χ3n) is 2.80. The first kappa shape index (κ1) is 13.2. The van der Waals surface area contributed by atoms with Crippen molar-refractivity contribution in [3.63, 3.8) is 0 Å². The molecule has 1 aromatic carbocycles. The molecule has 0 atom stereocenters. The van der Waals surface area contributed by atoms with Gasteiger partial charge in [-0.2, -0.15) is 0 Å². The van der Waals surface area contributed by atoms with Gasteiger partial charge in [-0.1, -0.05) is 32.0 Å². The van der Waals surface area contributed by atoms with Crippen LogP contribution in [0, 0.1) is 13.8 Å². The van der Waals surface area contributed by atoms with E-state index in [1.165, 1.54) is 16.7 Å². The fourth-order valence-corrected chi connectivity index (χ4v) is 1.79. The summed E-state index contributed by atoms with van der Waals surface area (Å²) in [6.07, 6.45) is 0. The summed E-state index contributed by atoms with van der Waals surface area (Å²) >= 11 is 0. The quantitative estimate of drug-likeness (QED) is 0.719. The van der Waals surface area contributed by atoms with Crippen LogP contribution in [0.25, 0.3) is 0 Å². The Bertz CT molecular complexity index is 298. The van der Waals surface area contributed by atoms with Crippen LogP contribution in [0.1, 0.15) is 30.5 Å². The zero-order valence-corrected chi connectivity index (χ0v) is 10.9. The van der Waals surface area contributed by atoms with E-state index in [1.807, 2.05) is 0 Å². The molecule has 2 heteroatoms. The first-order valence-corrected chi connectivity index (χ1v) is 6.10. The Labute approximate surface area is 99.5 Å². The van der Waals surface area contributed by atoms with Gasteiger partial charge in [0.05, 0.1) is 0 Å². The minimum absolute atomic E-state index is 0.571. The van der Waals surface area contributed by atoms with E-state index >= 15 is 0 Å². The van der Waals surface area contributed by atoms with Crippen molar-refractivity contribution in [3.8, 4) is 0 Å². The van der Waals surface area contributed by atoms with E-state index in [4.69, 9.17) is 0 Å². The average molecular weight is 220 g/mol. The fraction of sp³-hybridized carbons (Fsp3) is 0.571. The molecule has 0 aliphatic carbocycles. The molecule has 0 amide bonds. The minimum Gasteiger partial charge on any atom is -0.313 e. The zero-order valence-electron chi connectivity index (χ0n) is 10.9. The van der Waals surface area contributed by atoms with Crippen LogP contribution in [0.5, 0.6) is 0 Å². The number of hydrogen-bond acceptors (Lipinski definition) is 2. The Hall–Kier alpha value is -0.860. The molecule has 0 heterocycles. The number of aryl methyl sites for hydroxylation is 2. The summed E-state index contributed by atoms with van der Waals surface area (Å²) in [4.78, 5) is 0. The largest absolute Gasteiger partial charge is 0.313 e. The SMILES string of the molecule is Cc1cccc(C)c1CNCCNC(C)C. The van der Waals surface area contributed by atoms with Crippen LogP contribution in [0.2, 0.25) is 0 Å². The van der Waals surface area contributed by atoms with E-state index in [2.05, 4.69) is 56.5 Å². The molecule has 0 radical (unpaired) electrons. The molecule has 0 aromatic heterocycles. The van der Waals surface area contributed by atoms with E-state index in [-0.39, 0.29) is 0 Å². The second-order valence-corrected chi connectivity index (χ2v) is 4.66. The predicted molar refractivity (Wildman–Crippen MR) is 70.8 cm³/mol. The number of rotatable bonds is 6. The highest BCUT2D eigenvalue weighted by atomic mass is 15.0. The Kier molecular flexibility index (Phi) is 5.50. The summed E-state index contributed by atoms with van der Waals surface area (Å²) < 4.78 is 0. The minimum atomic E-state index is 0.571. The second-order valence-electron chi connectivity index (χ2n) is 4.66. The number of hydrogen-bond donors (Lipinski definition) is 2. The van der Waals surface area contributed by atoms with E-state index in [0.29, 0.717) is 6.04 Å². The van der Waals surface area contributed by atoms with Crippen LogP contribution >= 0.6 is 0 Å². The van der Waals surface area contributed by atoms with Gasteiger partial charge in [-0.15, -0.1) is 0 Å². The van der Waals surface area contributed by atoms with Gasteiger partial charge in [-0.05, 0) is 30.5 Å². The molecule has 0 aliphatic heterocycles. The molecule has 0 bridgehead atoms. The molecule has 0 fully saturated rings. The van der Waals surface area contributed by atoms with Gasteiger partial charge in [0.1, 0.15) is 0 Å². The molecule has 0 saturated carbocycles. The third-order valence-corrected chi connectivity index (χ3v) is 2.80. The molecule has 0 unspecified atom stereocenters. The Morgan fingerprint density at radius 1 is 1.06 bits per heavy atom. The lowest BCUT2D eigenvalue weighted by Crippen LogP contribution is -2.31. The monoisotopic (exact) mass is 220 g/mol. The van der Waals surface area contributed by atoms with Crippen LogP contribution in [-0.4, -0.2) is 19.1 Å². The van der Waals surface area contributed by atoms with Gasteiger partial charge in [0.15, 0.2) is 0 Å². The lowest BCUT2D eigenvalue weighted by Gasteiger charge is -2.12. The second kappa shape index (κ2) is 6.66. The Morgan fingerprint density at radius 2 is 1.69 bits per heavy atom. The fourth-order valence-electron chi connectivity index (χ4n) is 1.79. The van der Waals surface area contributed by atoms with Crippen molar-refractivity contribution in [2.75, 3.05) is 13.1 Å². The van der Waals surface area contributed by atoms with Crippen molar-refractivity contribution in [1.29, 1.82) is 0 Å². The first-order chi connectivity index (χ1) is 7.61. The molecule has 0 aliphatic rings. The van der Waals surface area contributed by atoms with Gasteiger partial charge in [0.2, 0.25) is 0 Å². The predicted octanol–water partition coefficient (Wildman–Crippen LogP) is 2.39. The molecule has 90 valence electrons. The van der Waals surface area contributed by atoms with Gasteiger partial charge in [-0.3, -0.25) is 0 Å². The van der Waals surface area contributed by atoms with Gasteiger partial charge in [0.25, 0.3) is 0 Å². The molecule has 2 N–H and O–H groups in total. The van der Waals surface area contributed by atoms with Crippen molar-refractivity contribution in [2.24, 2.45) is 0 Å². The van der Waals surface area contributed by atoms with Crippen LogP contribution in [0.4, 0.5) is 0 Å². The standard InChI is InChI=1S/C14H24N2/c1-11(2)16-9-8-15-10-14-12(3)6-5-7-13(14)4/h5-7,11,15-16H,8-10H2,1-4H3. The lowest BCUT2D eigenvalue weighted by atomic mass is 10.0. The van der Waals surface area contributed by atoms with Crippen LogP contribution in [0.15, 0.2) is 18.2 Å². The molecule has 16 heavy (non-hydrogen) atoms. The molecule has 1 aromatic rings. The average Bonchev–Trinajstić information content (AvgIpc) is 2.21. The maximum absolute atomic E-state index is 3.48. The summed E-state index contributed by atoms with van der Waals surface area (Å²) in [7, 11) is 0. The van der Waals surface area contributed by atoms with Gasteiger partial charge in [0, 0.05) is 25.7 Å². The van der Waals surface area contributed by atoms with Gasteiger partial charge < -0.3 is 10.6 Å². The molecule has 0 spiro atoms. The third kappa shape index (κ3) is 4.33. The highest BCUT2D eigenvalue weighted by Gasteiger charge is 2.00. The summed E-state index contributed by atoms with van der Waals surface area (Å²) in [6.45, 7) is 11.7.